The molecule has 0 radical (unpaired) electrons. The van der Waals surface area contributed by atoms with Gasteiger partial charge in [0.2, 0.25) is 0 Å². The first kappa shape index (κ1) is 15.8. The fourth-order valence-electron chi connectivity index (χ4n) is 2.22. The lowest BCUT2D eigenvalue weighted by atomic mass is 10.00. The molecule has 1 heterocycles. The van der Waals surface area contributed by atoms with Crippen LogP contribution in [-0.2, 0) is 0 Å². The number of nitrogens with zero attached hydrogens (tertiary/aromatic N) is 1. The molecule has 0 amide bonds. The maximum Gasteiger partial charge on any atom is 0.138 e. The van der Waals surface area contributed by atoms with E-state index in [0.717, 1.165) is 28.4 Å². The summed E-state index contributed by atoms with van der Waals surface area (Å²) in [6.07, 6.45) is 3.75. The first-order chi connectivity index (χ1) is 10.1. The minimum atomic E-state index is 0.0791. The van der Waals surface area contributed by atoms with Crippen molar-refractivity contribution in [1.29, 1.82) is 0 Å². The van der Waals surface area contributed by atoms with Gasteiger partial charge in [0.25, 0.3) is 0 Å². The van der Waals surface area contributed by atoms with E-state index in [2.05, 4.69) is 17.2 Å². The van der Waals surface area contributed by atoms with Gasteiger partial charge in [0.05, 0.1) is 18.3 Å². The van der Waals surface area contributed by atoms with Crippen LogP contribution in [0.1, 0.15) is 37.9 Å². The van der Waals surface area contributed by atoms with E-state index >= 15 is 0 Å². The Labute approximate surface area is 131 Å². The quantitative estimate of drug-likeness (QED) is 0.867. The van der Waals surface area contributed by atoms with E-state index in [0.29, 0.717) is 0 Å². The second-order valence-electron chi connectivity index (χ2n) is 5.16. The second-order valence-corrected chi connectivity index (χ2v) is 5.60. The molecule has 4 heteroatoms. The smallest absolute Gasteiger partial charge is 0.138 e. The molecule has 1 aromatic heterocycles. The largest absolute Gasteiger partial charge is 0.489 e. The molecule has 1 unspecified atom stereocenters. The molecule has 0 fully saturated rings. The van der Waals surface area contributed by atoms with Crippen LogP contribution >= 0.6 is 11.6 Å². The number of aromatic nitrogens is 1. The van der Waals surface area contributed by atoms with Crippen molar-refractivity contribution in [2.75, 3.05) is 6.54 Å². The van der Waals surface area contributed by atoms with Crippen molar-refractivity contribution in [3.05, 3.63) is 58.9 Å². The Bertz CT molecular complexity index is 569. The van der Waals surface area contributed by atoms with Crippen molar-refractivity contribution in [2.24, 2.45) is 0 Å². The van der Waals surface area contributed by atoms with Gasteiger partial charge >= 0.3 is 0 Å². The first-order valence-corrected chi connectivity index (χ1v) is 7.58. The van der Waals surface area contributed by atoms with Gasteiger partial charge in [0.1, 0.15) is 5.75 Å². The molecule has 2 rings (SSSR count). The summed E-state index contributed by atoms with van der Waals surface area (Å²) < 4.78 is 5.73. The van der Waals surface area contributed by atoms with Crippen LogP contribution in [0.4, 0.5) is 0 Å². The van der Waals surface area contributed by atoms with Crippen LogP contribution in [0.5, 0.6) is 5.75 Å². The van der Waals surface area contributed by atoms with Crippen LogP contribution in [0.3, 0.4) is 0 Å². The van der Waals surface area contributed by atoms with Crippen molar-refractivity contribution in [1.82, 2.24) is 10.3 Å². The Morgan fingerprint density at radius 2 is 1.86 bits per heavy atom. The summed E-state index contributed by atoms with van der Waals surface area (Å²) in [7, 11) is 0. The van der Waals surface area contributed by atoms with Crippen LogP contribution < -0.4 is 10.1 Å². The number of benzene rings is 1. The maximum atomic E-state index is 5.97. The molecule has 21 heavy (non-hydrogen) atoms. The van der Waals surface area contributed by atoms with Gasteiger partial charge in [-0.1, -0.05) is 30.7 Å². The standard InChI is InChI=1S/C17H21ClN2O/c1-4-20-17(13-5-7-15(18)8-6-13)14-9-16(11-19-10-14)21-12(2)3/h5-12,17,20H,4H2,1-3H3. The molecule has 0 aliphatic rings. The molecule has 0 aliphatic carbocycles. The average molecular weight is 305 g/mol. The van der Waals surface area contributed by atoms with Gasteiger partial charge in [0.15, 0.2) is 0 Å². The summed E-state index contributed by atoms with van der Waals surface area (Å²) in [4.78, 5) is 4.29. The van der Waals surface area contributed by atoms with E-state index in [9.17, 15) is 0 Å². The summed E-state index contributed by atoms with van der Waals surface area (Å²) in [5.41, 5.74) is 2.24. The molecular formula is C17H21ClN2O. The maximum absolute atomic E-state index is 5.97. The van der Waals surface area contributed by atoms with Crippen molar-refractivity contribution in [3.8, 4) is 5.75 Å². The molecule has 1 aromatic carbocycles. The molecule has 0 spiro atoms. The lowest BCUT2D eigenvalue weighted by molar-refractivity contribution is 0.241. The van der Waals surface area contributed by atoms with E-state index in [1.807, 2.05) is 50.4 Å². The topological polar surface area (TPSA) is 34.2 Å². The summed E-state index contributed by atoms with van der Waals surface area (Å²) in [5.74, 6) is 0.791. The molecule has 0 bridgehead atoms. The van der Waals surface area contributed by atoms with Gasteiger partial charge in [-0.3, -0.25) is 4.98 Å². The number of nitrogens with one attached hydrogen (secondary N) is 1. The lowest BCUT2D eigenvalue weighted by Gasteiger charge is -2.20. The minimum Gasteiger partial charge on any atom is -0.489 e. The number of halogens is 1. The highest BCUT2D eigenvalue weighted by atomic mass is 35.5. The predicted octanol–water partition coefficient (Wildman–Crippen LogP) is 4.22. The monoisotopic (exact) mass is 304 g/mol. The van der Waals surface area contributed by atoms with Gasteiger partial charge in [0, 0.05) is 11.2 Å². The molecule has 3 nitrogen and oxygen atoms in total. The number of ether oxygens (including phenoxy) is 1. The molecule has 1 N–H and O–H groups in total. The van der Waals surface area contributed by atoms with Gasteiger partial charge in [-0.05, 0) is 49.7 Å². The first-order valence-electron chi connectivity index (χ1n) is 7.20. The summed E-state index contributed by atoms with van der Waals surface area (Å²) in [5, 5.41) is 4.22. The SMILES string of the molecule is CCNC(c1ccc(Cl)cc1)c1cncc(OC(C)C)c1. The van der Waals surface area contributed by atoms with Gasteiger partial charge < -0.3 is 10.1 Å². The zero-order valence-corrected chi connectivity index (χ0v) is 13.4. The van der Waals surface area contributed by atoms with E-state index in [1.165, 1.54) is 0 Å². The Morgan fingerprint density at radius 1 is 1.14 bits per heavy atom. The van der Waals surface area contributed by atoms with Crippen LogP contribution in [0, 0.1) is 0 Å². The average Bonchev–Trinajstić information content (AvgIpc) is 2.45. The van der Waals surface area contributed by atoms with E-state index in [1.54, 1.807) is 6.20 Å². The summed E-state index contributed by atoms with van der Waals surface area (Å²) >= 11 is 5.97. The lowest BCUT2D eigenvalue weighted by Crippen LogP contribution is -2.22. The van der Waals surface area contributed by atoms with E-state index in [-0.39, 0.29) is 12.1 Å². The zero-order chi connectivity index (χ0) is 15.2. The van der Waals surface area contributed by atoms with Crippen molar-refractivity contribution in [2.45, 2.75) is 32.9 Å². The normalized spacial score (nSPS) is 12.4. The Hall–Kier alpha value is -1.58. The number of hydrogen-bond acceptors (Lipinski definition) is 3. The summed E-state index contributed by atoms with van der Waals surface area (Å²) in [6, 6.07) is 9.99. The predicted molar refractivity (Wildman–Crippen MR) is 87.0 cm³/mol. The van der Waals surface area contributed by atoms with Crippen molar-refractivity contribution in [3.63, 3.8) is 0 Å². The van der Waals surface area contributed by atoms with Gasteiger partial charge in [-0.25, -0.2) is 0 Å². The van der Waals surface area contributed by atoms with Crippen molar-refractivity contribution >= 4 is 11.6 Å². The molecular weight excluding hydrogens is 284 g/mol. The second kappa shape index (κ2) is 7.43. The highest BCUT2D eigenvalue weighted by Gasteiger charge is 2.14. The van der Waals surface area contributed by atoms with Gasteiger partial charge in [-0.2, -0.15) is 0 Å². The molecule has 1 atom stereocenters. The van der Waals surface area contributed by atoms with E-state index < -0.39 is 0 Å². The highest BCUT2D eigenvalue weighted by Crippen LogP contribution is 2.25. The van der Waals surface area contributed by atoms with Crippen molar-refractivity contribution < 1.29 is 4.74 Å². The Balaban J connectivity index is 2.31. The molecule has 0 saturated heterocycles. The molecule has 112 valence electrons. The minimum absolute atomic E-state index is 0.0791. The fraction of sp³-hybridized carbons (Fsp3) is 0.353. The highest BCUT2D eigenvalue weighted by molar-refractivity contribution is 6.30. The van der Waals surface area contributed by atoms with Crippen LogP contribution in [0.25, 0.3) is 0 Å². The van der Waals surface area contributed by atoms with Gasteiger partial charge in [-0.15, -0.1) is 0 Å². The Morgan fingerprint density at radius 3 is 2.48 bits per heavy atom. The number of pyridine rings is 1. The third kappa shape index (κ3) is 4.45. The fourth-order valence-corrected chi connectivity index (χ4v) is 2.34. The van der Waals surface area contributed by atoms with Crippen LogP contribution in [0.15, 0.2) is 42.7 Å². The third-order valence-corrected chi connectivity index (χ3v) is 3.30. The van der Waals surface area contributed by atoms with Crippen LogP contribution in [0.2, 0.25) is 5.02 Å². The molecule has 2 aromatic rings. The molecule has 0 aliphatic heterocycles. The number of hydrogen-bond donors (Lipinski definition) is 1. The zero-order valence-electron chi connectivity index (χ0n) is 12.6. The molecule has 0 saturated carbocycles. The Kier molecular flexibility index (Phi) is 5.59. The summed E-state index contributed by atoms with van der Waals surface area (Å²) in [6.45, 7) is 6.97. The third-order valence-electron chi connectivity index (χ3n) is 3.05. The van der Waals surface area contributed by atoms with Crippen LogP contribution in [-0.4, -0.2) is 17.6 Å². The number of rotatable bonds is 6. The van der Waals surface area contributed by atoms with E-state index in [4.69, 9.17) is 16.3 Å².